The van der Waals surface area contributed by atoms with Gasteiger partial charge in [0.05, 0.1) is 0 Å². The Morgan fingerprint density at radius 2 is 2.05 bits per heavy atom. The highest BCUT2D eigenvalue weighted by molar-refractivity contribution is 5.86. The highest BCUT2D eigenvalue weighted by atomic mass is 16.5. The average molecular weight is 288 g/mol. The Morgan fingerprint density at radius 3 is 2.57 bits per heavy atom. The fourth-order valence-electron chi connectivity index (χ4n) is 2.94. The van der Waals surface area contributed by atoms with Gasteiger partial charge in [0.15, 0.2) is 0 Å². The molecule has 0 aliphatic heterocycles. The number of carbonyl (C=O) groups is 1. The van der Waals surface area contributed by atoms with Crippen molar-refractivity contribution in [2.75, 3.05) is 6.61 Å². The molecule has 2 aliphatic rings. The van der Waals surface area contributed by atoms with Gasteiger partial charge in [0.25, 0.3) is 0 Å². The number of hydrogen-bond acceptors (Lipinski definition) is 3. The van der Waals surface area contributed by atoms with Crippen molar-refractivity contribution in [3.8, 4) is 5.75 Å². The van der Waals surface area contributed by atoms with Gasteiger partial charge in [-0.25, -0.2) is 0 Å². The molecule has 0 bridgehead atoms. The SMILES string of the molecule is Cc1ccc(OCC(NC2CC2)(C(N)=O)C2CC2)c(C)c1. The lowest BCUT2D eigenvalue weighted by molar-refractivity contribution is -0.126. The molecule has 1 aromatic rings. The van der Waals surface area contributed by atoms with Crippen LogP contribution in [0.25, 0.3) is 0 Å². The van der Waals surface area contributed by atoms with Crippen LogP contribution < -0.4 is 15.8 Å². The summed E-state index contributed by atoms with van der Waals surface area (Å²) in [6.45, 7) is 4.41. The van der Waals surface area contributed by atoms with E-state index in [1.54, 1.807) is 0 Å². The Labute approximate surface area is 126 Å². The standard InChI is InChI=1S/C17H24N2O2/c1-11-3-8-15(12(2)9-11)21-10-17(16(18)20,13-4-5-13)19-14-6-7-14/h3,8-9,13-14,19H,4-7,10H2,1-2H3,(H2,18,20). The first kappa shape index (κ1) is 14.4. The van der Waals surface area contributed by atoms with Crippen LogP contribution in [0.1, 0.15) is 36.8 Å². The molecule has 2 saturated carbocycles. The van der Waals surface area contributed by atoms with Crippen molar-refractivity contribution in [1.82, 2.24) is 5.32 Å². The van der Waals surface area contributed by atoms with Crippen LogP contribution in [0.2, 0.25) is 0 Å². The van der Waals surface area contributed by atoms with Crippen molar-refractivity contribution in [1.29, 1.82) is 0 Å². The molecule has 2 fully saturated rings. The summed E-state index contributed by atoms with van der Waals surface area (Å²) in [7, 11) is 0. The number of benzene rings is 1. The highest BCUT2D eigenvalue weighted by Gasteiger charge is 2.52. The largest absolute Gasteiger partial charge is 0.491 e. The van der Waals surface area contributed by atoms with Gasteiger partial charge in [-0.1, -0.05) is 17.7 Å². The van der Waals surface area contributed by atoms with Crippen LogP contribution >= 0.6 is 0 Å². The van der Waals surface area contributed by atoms with Crippen LogP contribution in [0.4, 0.5) is 0 Å². The van der Waals surface area contributed by atoms with E-state index in [0.717, 1.165) is 37.0 Å². The van der Waals surface area contributed by atoms with E-state index in [9.17, 15) is 4.79 Å². The third-order valence-corrected chi connectivity index (χ3v) is 4.54. The summed E-state index contributed by atoms with van der Waals surface area (Å²) in [5.41, 5.74) is 7.34. The minimum absolute atomic E-state index is 0.276. The van der Waals surface area contributed by atoms with Gasteiger partial charge in [0.2, 0.25) is 5.91 Å². The molecule has 3 rings (SSSR count). The predicted octanol–water partition coefficient (Wildman–Crippen LogP) is 2.07. The van der Waals surface area contributed by atoms with Gasteiger partial charge < -0.3 is 10.5 Å². The van der Waals surface area contributed by atoms with E-state index in [-0.39, 0.29) is 5.91 Å². The topological polar surface area (TPSA) is 64.3 Å². The van der Waals surface area contributed by atoms with Crippen molar-refractivity contribution in [2.24, 2.45) is 11.7 Å². The van der Waals surface area contributed by atoms with Crippen molar-refractivity contribution in [2.45, 2.75) is 51.1 Å². The maximum Gasteiger partial charge on any atom is 0.241 e. The van der Waals surface area contributed by atoms with Crippen LogP contribution in [0.3, 0.4) is 0 Å². The van der Waals surface area contributed by atoms with E-state index in [2.05, 4.69) is 18.3 Å². The molecule has 0 heterocycles. The predicted molar refractivity (Wildman–Crippen MR) is 82.2 cm³/mol. The van der Waals surface area contributed by atoms with Crippen LogP contribution in [-0.2, 0) is 4.79 Å². The van der Waals surface area contributed by atoms with E-state index < -0.39 is 5.54 Å². The zero-order chi connectivity index (χ0) is 15.0. The maximum absolute atomic E-state index is 12.1. The van der Waals surface area contributed by atoms with Gasteiger partial charge >= 0.3 is 0 Å². The fourth-order valence-corrected chi connectivity index (χ4v) is 2.94. The smallest absolute Gasteiger partial charge is 0.241 e. The minimum Gasteiger partial charge on any atom is -0.491 e. The number of ether oxygens (including phenoxy) is 1. The normalized spacial score (nSPS) is 20.9. The number of primary amides is 1. The minimum atomic E-state index is -0.696. The molecule has 114 valence electrons. The summed E-state index contributed by atoms with van der Waals surface area (Å²) >= 11 is 0. The molecule has 2 aliphatic carbocycles. The summed E-state index contributed by atoms with van der Waals surface area (Å²) in [5, 5.41) is 3.47. The highest BCUT2D eigenvalue weighted by Crippen LogP contribution is 2.42. The maximum atomic E-state index is 12.1. The third-order valence-electron chi connectivity index (χ3n) is 4.54. The van der Waals surface area contributed by atoms with Crippen molar-refractivity contribution in [3.05, 3.63) is 29.3 Å². The van der Waals surface area contributed by atoms with E-state index in [4.69, 9.17) is 10.5 Å². The summed E-state index contributed by atoms with van der Waals surface area (Å²) in [6, 6.07) is 6.52. The van der Waals surface area contributed by atoms with Crippen molar-refractivity contribution in [3.63, 3.8) is 0 Å². The van der Waals surface area contributed by atoms with Gasteiger partial charge in [-0.15, -0.1) is 0 Å². The van der Waals surface area contributed by atoms with Gasteiger partial charge in [0, 0.05) is 6.04 Å². The number of aryl methyl sites for hydroxylation is 2. The molecule has 1 unspecified atom stereocenters. The molecule has 21 heavy (non-hydrogen) atoms. The molecule has 0 aromatic heterocycles. The monoisotopic (exact) mass is 288 g/mol. The molecule has 0 spiro atoms. The summed E-state index contributed by atoms with van der Waals surface area (Å²) in [4.78, 5) is 12.1. The first-order valence-electron chi connectivity index (χ1n) is 7.79. The molecule has 4 heteroatoms. The van der Waals surface area contributed by atoms with Crippen LogP contribution in [0.5, 0.6) is 5.75 Å². The van der Waals surface area contributed by atoms with Gasteiger partial charge in [-0.3, -0.25) is 10.1 Å². The fraction of sp³-hybridized carbons (Fsp3) is 0.588. The Balaban J connectivity index is 1.76. The van der Waals surface area contributed by atoms with Crippen molar-refractivity contribution >= 4 is 5.91 Å². The number of rotatable bonds is 7. The third kappa shape index (κ3) is 3.05. The Morgan fingerprint density at radius 1 is 1.33 bits per heavy atom. The summed E-state index contributed by atoms with van der Waals surface area (Å²) in [6.07, 6.45) is 4.37. The Kier molecular flexibility index (Phi) is 3.66. The Bertz CT molecular complexity index is 550. The quantitative estimate of drug-likeness (QED) is 0.807. The molecular formula is C17H24N2O2. The molecule has 0 radical (unpaired) electrons. The molecule has 1 aromatic carbocycles. The van der Waals surface area contributed by atoms with Gasteiger partial charge in [-0.05, 0) is 57.1 Å². The number of nitrogens with two attached hydrogens (primary N) is 1. The first-order chi connectivity index (χ1) is 10.0. The number of amides is 1. The van der Waals surface area contributed by atoms with Gasteiger partial charge in [-0.2, -0.15) is 0 Å². The molecule has 0 saturated heterocycles. The van der Waals surface area contributed by atoms with Crippen LogP contribution in [-0.4, -0.2) is 24.1 Å². The first-order valence-corrected chi connectivity index (χ1v) is 7.79. The lowest BCUT2D eigenvalue weighted by atomic mass is 9.93. The average Bonchev–Trinajstić information content (AvgIpc) is 3.28. The lowest BCUT2D eigenvalue weighted by Crippen LogP contribution is -2.61. The molecule has 4 nitrogen and oxygen atoms in total. The zero-order valence-electron chi connectivity index (χ0n) is 12.8. The van der Waals surface area contributed by atoms with E-state index in [1.165, 1.54) is 5.56 Å². The second kappa shape index (κ2) is 5.34. The molecular weight excluding hydrogens is 264 g/mol. The van der Waals surface area contributed by atoms with E-state index >= 15 is 0 Å². The Hall–Kier alpha value is -1.55. The van der Waals surface area contributed by atoms with Gasteiger partial charge in [0.1, 0.15) is 17.9 Å². The lowest BCUT2D eigenvalue weighted by Gasteiger charge is -2.32. The molecule has 1 amide bonds. The molecule has 3 N–H and O–H groups in total. The van der Waals surface area contributed by atoms with E-state index in [1.807, 2.05) is 19.1 Å². The zero-order valence-corrected chi connectivity index (χ0v) is 12.8. The summed E-state index contributed by atoms with van der Waals surface area (Å²) < 4.78 is 5.99. The second-order valence-corrected chi connectivity index (χ2v) is 6.59. The van der Waals surface area contributed by atoms with Crippen molar-refractivity contribution < 1.29 is 9.53 Å². The van der Waals surface area contributed by atoms with Crippen LogP contribution in [0, 0.1) is 19.8 Å². The summed E-state index contributed by atoms with van der Waals surface area (Å²) in [5.74, 6) is 0.882. The number of nitrogens with one attached hydrogen (secondary N) is 1. The number of hydrogen-bond donors (Lipinski definition) is 2. The molecule has 1 atom stereocenters. The van der Waals surface area contributed by atoms with Crippen LogP contribution in [0.15, 0.2) is 18.2 Å². The number of carbonyl (C=O) groups excluding carboxylic acids is 1. The van der Waals surface area contributed by atoms with E-state index in [0.29, 0.717) is 18.6 Å². The second-order valence-electron chi connectivity index (χ2n) is 6.59.